The number of hydrogen-bond donors (Lipinski definition) is 0. The molecule has 3 heteroatoms. The van der Waals surface area contributed by atoms with Gasteiger partial charge in [-0.15, -0.1) is 0 Å². The molecule has 192 valence electrons. The Kier molecular flexibility index (Phi) is 6.58. The third kappa shape index (κ3) is 4.50. The number of epoxide rings is 1. The zero-order chi connectivity index (χ0) is 25.8. The summed E-state index contributed by atoms with van der Waals surface area (Å²) in [7, 11) is 3.62. The molecule has 4 rings (SSSR count). The van der Waals surface area contributed by atoms with Crippen molar-refractivity contribution in [1.82, 2.24) is 0 Å². The molecule has 3 nitrogen and oxygen atoms in total. The number of rotatable bonds is 2. The van der Waals surface area contributed by atoms with E-state index in [-0.39, 0.29) is 10.8 Å². The van der Waals surface area contributed by atoms with Gasteiger partial charge in [0.1, 0.15) is 22.7 Å². The normalized spacial score (nSPS) is 24.9. The monoisotopic (exact) mass is 478 g/mol. The summed E-state index contributed by atoms with van der Waals surface area (Å²) in [6.07, 6.45) is 6.85. The molecular weight excluding hydrogens is 432 g/mol. The summed E-state index contributed by atoms with van der Waals surface area (Å²) in [4.78, 5) is 0. The van der Waals surface area contributed by atoms with Crippen LogP contribution in [0.5, 0.6) is 11.5 Å². The van der Waals surface area contributed by atoms with Crippen LogP contribution in [0, 0.1) is 0 Å². The van der Waals surface area contributed by atoms with Crippen molar-refractivity contribution < 1.29 is 14.2 Å². The minimum Gasteiger partial charge on any atom is -0.496 e. The third-order valence-corrected chi connectivity index (χ3v) is 8.42. The molecule has 1 heterocycles. The van der Waals surface area contributed by atoms with Crippen LogP contribution < -0.4 is 9.47 Å². The van der Waals surface area contributed by atoms with Crippen molar-refractivity contribution in [2.24, 2.45) is 0 Å². The van der Waals surface area contributed by atoms with Crippen molar-refractivity contribution >= 4 is 0 Å². The Morgan fingerprint density at radius 1 is 0.629 bits per heavy atom. The molecule has 0 N–H and O–H groups in total. The van der Waals surface area contributed by atoms with E-state index in [9.17, 15) is 0 Å². The molecule has 2 aromatic rings. The SMILES string of the molecule is COc1c2cc(C(C)(C)C)cc1[C@]1(C)O[C@]1(C)c1cc(C(C)(C)C)cc(c1OC)CCCCCC2. The average Bonchev–Trinajstić information content (AvgIpc) is 3.35. The molecule has 2 aromatic carbocycles. The second-order valence-electron chi connectivity index (χ2n) is 13.0. The predicted octanol–water partition coefficient (Wildman–Crippen LogP) is 8.12. The van der Waals surface area contributed by atoms with E-state index in [1.807, 2.05) is 14.2 Å². The van der Waals surface area contributed by atoms with Gasteiger partial charge in [-0.25, -0.2) is 0 Å². The minimum atomic E-state index is -0.500. The van der Waals surface area contributed by atoms with Crippen LogP contribution in [0.2, 0.25) is 0 Å². The quantitative estimate of drug-likeness (QED) is 0.408. The third-order valence-electron chi connectivity index (χ3n) is 8.42. The molecule has 1 saturated heterocycles. The molecule has 2 aliphatic rings. The molecule has 0 aromatic heterocycles. The summed E-state index contributed by atoms with van der Waals surface area (Å²) in [5.41, 5.74) is 6.69. The van der Waals surface area contributed by atoms with Crippen LogP contribution in [-0.2, 0) is 39.6 Å². The van der Waals surface area contributed by atoms with Gasteiger partial charge in [-0.1, -0.05) is 66.5 Å². The van der Waals surface area contributed by atoms with Gasteiger partial charge in [0.25, 0.3) is 0 Å². The van der Waals surface area contributed by atoms with E-state index in [1.165, 1.54) is 47.9 Å². The molecule has 2 atom stereocenters. The van der Waals surface area contributed by atoms with E-state index in [2.05, 4.69) is 79.7 Å². The predicted molar refractivity (Wildman–Crippen MR) is 145 cm³/mol. The van der Waals surface area contributed by atoms with Gasteiger partial charge in [0, 0.05) is 11.1 Å². The highest BCUT2D eigenvalue weighted by Crippen LogP contribution is 2.66. The van der Waals surface area contributed by atoms with Gasteiger partial charge in [0.2, 0.25) is 0 Å². The van der Waals surface area contributed by atoms with Crippen LogP contribution >= 0.6 is 0 Å². The number of fused-ring (bicyclic) bond motifs is 7. The number of benzene rings is 2. The van der Waals surface area contributed by atoms with Crippen molar-refractivity contribution in [3.05, 3.63) is 57.6 Å². The number of methoxy groups -OCH3 is 2. The molecule has 35 heavy (non-hydrogen) atoms. The minimum absolute atomic E-state index is 0.0415. The molecule has 0 saturated carbocycles. The summed E-state index contributed by atoms with van der Waals surface area (Å²) in [6, 6.07) is 9.41. The molecular formula is C32H46O3. The first-order valence-corrected chi connectivity index (χ1v) is 13.4. The number of hydrogen-bond acceptors (Lipinski definition) is 3. The first-order chi connectivity index (χ1) is 16.3. The zero-order valence-electron chi connectivity index (χ0n) is 23.8. The lowest BCUT2D eigenvalue weighted by Gasteiger charge is -2.28. The maximum absolute atomic E-state index is 6.81. The van der Waals surface area contributed by atoms with Crippen molar-refractivity contribution in [2.45, 2.75) is 116 Å². The lowest BCUT2D eigenvalue weighted by Crippen LogP contribution is -2.22. The van der Waals surface area contributed by atoms with Crippen LogP contribution in [0.3, 0.4) is 0 Å². The fourth-order valence-electron chi connectivity index (χ4n) is 5.80. The summed E-state index contributed by atoms with van der Waals surface area (Å²) in [5.74, 6) is 1.99. The largest absolute Gasteiger partial charge is 0.496 e. The van der Waals surface area contributed by atoms with Gasteiger partial charge < -0.3 is 14.2 Å². The highest BCUT2D eigenvalue weighted by molar-refractivity contribution is 5.58. The summed E-state index contributed by atoms with van der Waals surface area (Å²) in [5, 5.41) is 0. The molecule has 0 amide bonds. The van der Waals surface area contributed by atoms with E-state index >= 15 is 0 Å². The topological polar surface area (TPSA) is 31.0 Å². The molecule has 0 spiro atoms. The smallest absolute Gasteiger partial charge is 0.128 e. The maximum atomic E-state index is 6.81. The fraction of sp³-hybridized carbons (Fsp3) is 0.625. The second kappa shape index (κ2) is 8.83. The van der Waals surface area contributed by atoms with Gasteiger partial charge in [-0.2, -0.15) is 0 Å². The molecule has 4 bridgehead atoms. The zero-order valence-corrected chi connectivity index (χ0v) is 23.8. The fourth-order valence-corrected chi connectivity index (χ4v) is 5.80. The molecule has 1 fully saturated rings. The van der Waals surface area contributed by atoms with Crippen molar-refractivity contribution in [3.8, 4) is 11.5 Å². The van der Waals surface area contributed by atoms with E-state index in [4.69, 9.17) is 14.2 Å². The number of ether oxygens (including phenoxy) is 3. The van der Waals surface area contributed by atoms with Crippen LogP contribution in [0.25, 0.3) is 0 Å². The van der Waals surface area contributed by atoms with E-state index in [1.54, 1.807) is 0 Å². The van der Waals surface area contributed by atoms with Gasteiger partial charge in [0.05, 0.1) is 14.2 Å². The Balaban J connectivity index is 2.00. The highest BCUT2D eigenvalue weighted by Gasteiger charge is 2.68. The maximum Gasteiger partial charge on any atom is 0.128 e. The van der Waals surface area contributed by atoms with Gasteiger partial charge in [-0.3, -0.25) is 0 Å². The first kappa shape index (κ1) is 26.1. The summed E-state index contributed by atoms with van der Waals surface area (Å²) in [6.45, 7) is 18.2. The van der Waals surface area contributed by atoms with Crippen LogP contribution in [0.15, 0.2) is 24.3 Å². The Morgan fingerprint density at radius 2 is 1.00 bits per heavy atom. The van der Waals surface area contributed by atoms with E-state index < -0.39 is 11.2 Å². The van der Waals surface area contributed by atoms with Gasteiger partial charge in [-0.05, 0) is 84.7 Å². The highest BCUT2D eigenvalue weighted by atomic mass is 16.6. The second-order valence-corrected chi connectivity index (χ2v) is 13.0. The Hall–Kier alpha value is -2.00. The number of aryl methyl sites for hydroxylation is 2. The van der Waals surface area contributed by atoms with Crippen LogP contribution in [0.1, 0.15) is 114 Å². The molecule has 1 aliphatic heterocycles. The van der Waals surface area contributed by atoms with Gasteiger partial charge >= 0.3 is 0 Å². The summed E-state index contributed by atoms with van der Waals surface area (Å²) >= 11 is 0. The van der Waals surface area contributed by atoms with Crippen LogP contribution in [0.4, 0.5) is 0 Å². The Morgan fingerprint density at radius 3 is 1.31 bits per heavy atom. The average molecular weight is 479 g/mol. The van der Waals surface area contributed by atoms with Crippen molar-refractivity contribution in [3.63, 3.8) is 0 Å². The van der Waals surface area contributed by atoms with Gasteiger partial charge in [0.15, 0.2) is 0 Å². The summed E-state index contributed by atoms with van der Waals surface area (Å²) < 4.78 is 19.1. The standard InChI is InChI=1S/C32H46O3/c1-29(2,3)23-17-21-15-13-11-12-14-16-22-18-24(30(4,5)6)20-26(28(22)34-10)32(8)31(7,35-32)25(19-23)27(21)33-9/h17-20H,11-16H2,1-10H3/t31-,32+. The lowest BCUT2D eigenvalue weighted by atomic mass is 9.76. The van der Waals surface area contributed by atoms with Crippen LogP contribution in [-0.4, -0.2) is 14.2 Å². The van der Waals surface area contributed by atoms with Crippen molar-refractivity contribution in [2.75, 3.05) is 14.2 Å². The molecule has 1 aliphatic carbocycles. The van der Waals surface area contributed by atoms with E-state index in [0.29, 0.717) is 0 Å². The molecule has 0 radical (unpaired) electrons. The Labute approximate surface area is 213 Å². The first-order valence-electron chi connectivity index (χ1n) is 13.4. The molecule has 0 unspecified atom stereocenters. The lowest BCUT2D eigenvalue weighted by molar-refractivity contribution is 0.271. The van der Waals surface area contributed by atoms with Crippen molar-refractivity contribution in [1.29, 1.82) is 0 Å². The Bertz CT molecular complexity index is 1010. The van der Waals surface area contributed by atoms with E-state index in [0.717, 1.165) is 35.5 Å².